The van der Waals surface area contributed by atoms with Crippen LogP contribution in [0.3, 0.4) is 0 Å². The van der Waals surface area contributed by atoms with E-state index in [2.05, 4.69) is 5.10 Å². The zero-order chi connectivity index (χ0) is 14.4. The molecule has 1 N–H and O–H groups in total. The molecule has 0 radical (unpaired) electrons. The highest BCUT2D eigenvalue weighted by Gasteiger charge is 2.15. The Labute approximate surface area is 118 Å². The fourth-order valence-corrected chi connectivity index (χ4v) is 2.04. The van der Waals surface area contributed by atoms with Gasteiger partial charge in [0.05, 0.1) is 24.9 Å². The molecule has 1 amide bonds. The molecule has 1 aromatic carbocycles. The van der Waals surface area contributed by atoms with Crippen LogP contribution in [0.2, 0.25) is 0 Å². The number of aromatic nitrogens is 2. The third-order valence-electron chi connectivity index (χ3n) is 3.11. The summed E-state index contributed by atoms with van der Waals surface area (Å²) in [5.41, 5.74) is 1.69. The monoisotopic (exact) mass is 273 g/mol. The number of carbonyl (C=O) groups is 1. The number of aliphatic hydroxyl groups is 1. The SMILES string of the molecule is CCN(CCO)C(=O)c1cnn(Cc2ccccc2)c1. The molecular weight excluding hydrogens is 254 g/mol. The molecular formula is C15H19N3O2. The molecule has 0 aliphatic rings. The highest BCUT2D eigenvalue weighted by molar-refractivity contribution is 5.93. The highest BCUT2D eigenvalue weighted by atomic mass is 16.3. The Morgan fingerprint density at radius 1 is 1.35 bits per heavy atom. The van der Waals surface area contributed by atoms with Gasteiger partial charge in [-0.15, -0.1) is 0 Å². The van der Waals surface area contributed by atoms with Gasteiger partial charge in [-0.25, -0.2) is 0 Å². The fourth-order valence-electron chi connectivity index (χ4n) is 2.04. The molecule has 5 heteroatoms. The largest absolute Gasteiger partial charge is 0.395 e. The van der Waals surface area contributed by atoms with Crippen LogP contribution in [0.4, 0.5) is 0 Å². The molecule has 0 atom stereocenters. The van der Waals surface area contributed by atoms with Crippen LogP contribution in [0.5, 0.6) is 0 Å². The maximum absolute atomic E-state index is 12.2. The van der Waals surface area contributed by atoms with Crippen molar-refractivity contribution in [3.8, 4) is 0 Å². The lowest BCUT2D eigenvalue weighted by Gasteiger charge is -2.18. The van der Waals surface area contributed by atoms with Gasteiger partial charge in [-0.05, 0) is 12.5 Å². The molecule has 0 aliphatic heterocycles. The van der Waals surface area contributed by atoms with Crippen LogP contribution in [0.25, 0.3) is 0 Å². The van der Waals surface area contributed by atoms with Gasteiger partial charge in [0.1, 0.15) is 0 Å². The van der Waals surface area contributed by atoms with Crippen LogP contribution >= 0.6 is 0 Å². The van der Waals surface area contributed by atoms with E-state index < -0.39 is 0 Å². The van der Waals surface area contributed by atoms with E-state index in [0.29, 0.717) is 25.2 Å². The number of hydrogen-bond donors (Lipinski definition) is 1. The molecule has 0 unspecified atom stereocenters. The Kier molecular flexibility index (Phi) is 4.90. The molecule has 0 bridgehead atoms. The predicted molar refractivity (Wildman–Crippen MR) is 76.4 cm³/mol. The van der Waals surface area contributed by atoms with Crippen molar-refractivity contribution in [1.29, 1.82) is 0 Å². The normalized spacial score (nSPS) is 10.5. The Bertz CT molecular complexity index is 551. The molecule has 0 saturated heterocycles. The van der Waals surface area contributed by atoms with E-state index in [0.717, 1.165) is 5.56 Å². The third-order valence-corrected chi connectivity index (χ3v) is 3.11. The summed E-state index contributed by atoms with van der Waals surface area (Å²) < 4.78 is 1.75. The minimum Gasteiger partial charge on any atom is -0.395 e. The van der Waals surface area contributed by atoms with Crippen LogP contribution in [0.15, 0.2) is 42.7 Å². The minimum absolute atomic E-state index is 0.0300. The van der Waals surface area contributed by atoms with E-state index in [1.165, 1.54) is 0 Å². The summed E-state index contributed by atoms with van der Waals surface area (Å²) in [6.45, 7) is 3.42. The molecule has 20 heavy (non-hydrogen) atoms. The molecule has 0 fully saturated rings. The van der Waals surface area contributed by atoms with Crippen LogP contribution in [-0.2, 0) is 6.54 Å². The second-order valence-corrected chi connectivity index (χ2v) is 4.52. The van der Waals surface area contributed by atoms with E-state index in [4.69, 9.17) is 5.11 Å². The van der Waals surface area contributed by atoms with Crippen molar-refractivity contribution >= 4 is 5.91 Å². The number of nitrogens with zero attached hydrogens (tertiary/aromatic N) is 3. The average molecular weight is 273 g/mol. The fraction of sp³-hybridized carbons (Fsp3) is 0.333. The number of carbonyl (C=O) groups excluding carboxylic acids is 1. The standard InChI is InChI=1S/C15H19N3O2/c1-2-17(8-9-19)15(20)14-10-16-18(12-14)11-13-6-4-3-5-7-13/h3-7,10,12,19H,2,8-9,11H2,1H3. The summed E-state index contributed by atoms with van der Waals surface area (Å²) in [6, 6.07) is 9.96. The van der Waals surface area contributed by atoms with Gasteiger partial charge < -0.3 is 10.0 Å². The lowest BCUT2D eigenvalue weighted by atomic mass is 10.2. The molecule has 1 aromatic heterocycles. The molecule has 5 nitrogen and oxygen atoms in total. The highest BCUT2D eigenvalue weighted by Crippen LogP contribution is 2.06. The number of aliphatic hydroxyl groups excluding tert-OH is 1. The molecule has 0 aliphatic carbocycles. The van der Waals surface area contributed by atoms with Gasteiger partial charge in [0.2, 0.25) is 0 Å². The first-order chi connectivity index (χ1) is 9.74. The van der Waals surface area contributed by atoms with E-state index >= 15 is 0 Å². The van der Waals surface area contributed by atoms with Crippen molar-refractivity contribution < 1.29 is 9.90 Å². The number of amides is 1. The topological polar surface area (TPSA) is 58.4 Å². The average Bonchev–Trinajstić information content (AvgIpc) is 2.93. The van der Waals surface area contributed by atoms with E-state index in [1.807, 2.05) is 37.3 Å². The van der Waals surface area contributed by atoms with Crippen molar-refractivity contribution in [2.24, 2.45) is 0 Å². The predicted octanol–water partition coefficient (Wildman–Crippen LogP) is 1.39. The number of benzene rings is 1. The lowest BCUT2D eigenvalue weighted by molar-refractivity contribution is 0.0732. The maximum Gasteiger partial charge on any atom is 0.257 e. The first-order valence-electron chi connectivity index (χ1n) is 6.71. The zero-order valence-corrected chi connectivity index (χ0v) is 11.6. The first-order valence-corrected chi connectivity index (χ1v) is 6.71. The summed E-state index contributed by atoms with van der Waals surface area (Å²) in [5, 5.41) is 13.2. The van der Waals surface area contributed by atoms with E-state index in [-0.39, 0.29) is 12.5 Å². The zero-order valence-electron chi connectivity index (χ0n) is 11.6. The quantitative estimate of drug-likeness (QED) is 0.865. The first kappa shape index (κ1) is 14.3. The molecule has 106 valence electrons. The smallest absolute Gasteiger partial charge is 0.257 e. The minimum atomic E-state index is -0.0964. The van der Waals surface area contributed by atoms with Gasteiger partial charge in [-0.3, -0.25) is 9.48 Å². The van der Waals surface area contributed by atoms with E-state index in [1.54, 1.807) is 22.0 Å². The number of hydrogen-bond acceptors (Lipinski definition) is 3. The molecule has 2 aromatic rings. The van der Waals surface area contributed by atoms with Gasteiger partial charge in [-0.1, -0.05) is 30.3 Å². The summed E-state index contributed by atoms with van der Waals surface area (Å²) in [4.78, 5) is 13.8. The summed E-state index contributed by atoms with van der Waals surface area (Å²) in [7, 11) is 0. The van der Waals surface area contributed by atoms with Crippen molar-refractivity contribution in [2.75, 3.05) is 19.7 Å². The summed E-state index contributed by atoms with van der Waals surface area (Å²) >= 11 is 0. The van der Waals surface area contributed by atoms with E-state index in [9.17, 15) is 4.79 Å². The van der Waals surface area contributed by atoms with Gasteiger partial charge in [0.15, 0.2) is 0 Å². The molecule has 2 rings (SSSR count). The van der Waals surface area contributed by atoms with Crippen molar-refractivity contribution in [3.05, 3.63) is 53.9 Å². The third kappa shape index (κ3) is 3.45. The van der Waals surface area contributed by atoms with Gasteiger partial charge in [-0.2, -0.15) is 5.10 Å². The number of rotatable bonds is 6. The van der Waals surface area contributed by atoms with Crippen molar-refractivity contribution in [3.63, 3.8) is 0 Å². The Morgan fingerprint density at radius 3 is 2.75 bits per heavy atom. The van der Waals surface area contributed by atoms with Crippen LogP contribution in [0.1, 0.15) is 22.8 Å². The van der Waals surface area contributed by atoms with Crippen LogP contribution in [0, 0.1) is 0 Å². The number of likely N-dealkylation sites (N-methyl/N-ethyl adjacent to an activating group) is 1. The Hall–Kier alpha value is -2.14. The van der Waals surface area contributed by atoms with Crippen molar-refractivity contribution in [1.82, 2.24) is 14.7 Å². The van der Waals surface area contributed by atoms with Gasteiger partial charge in [0.25, 0.3) is 5.91 Å². The summed E-state index contributed by atoms with van der Waals surface area (Å²) in [5.74, 6) is -0.0964. The van der Waals surface area contributed by atoms with Crippen molar-refractivity contribution in [2.45, 2.75) is 13.5 Å². The molecule has 0 saturated carbocycles. The molecule has 1 heterocycles. The second-order valence-electron chi connectivity index (χ2n) is 4.52. The Morgan fingerprint density at radius 2 is 2.10 bits per heavy atom. The second kappa shape index (κ2) is 6.86. The lowest BCUT2D eigenvalue weighted by Crippen LogP contribution is -2.33. The van der Waals surface area contributed by atoms with Gasteiger partial charge in [0, 0.05) is 19.3 Å². The Balaban J connectivity index is 2.06. The molecule has 0 spiro atoms. The van der Waals surface area contributed by atoms with Crippen LogP contribution in [-0.4, -0.2) is 45.4 Å². The van der Waals surface area contributed by atoms with Crippen LogP contribution < -0.4 is 0 Å². The summed E-state index contributed by atoms with van der Waals surface area (Å²) in [6.07, 6.45) is 3.32. The van der Waals surface area contributed by atoms with Gasteiger partial charge >= 0.3 is 0 Å². The maximum atomic E-state index is 12.2.